The van der Waals surface area contributed by atoms with Gasteiger partial charge in [0.2, 0.25) is 0 Å². The number of nitrogens with one attached hydrogen (secondary N) is 1. The Morgan fingerprint density at radius 2 is 1.71 bits per heavy atom. The lowest BCUT2D eigenvalue weighted by Gasteiger charge is -2.29. The van der Waals surface area contributed by atoms with Crippen LogP contribution in [0.25, 0.3) is 0 Å². The van der Waals surface area contributed by atoms with Crippen molar-refractivity contribution in [1.29, 1.82) is 0 Å². The van der Waals surface area contributed by atoms with Gasteiger partial charge < -0.3 is 5.32 Å². The van der Waals surface area contributed by atoms with E-state index in [1.807, 2.05) is 18.2 Å². The van der Waals surface area contributed by atoms with Gasteiger partial charge in [0.1, 0.15) is 5.82 Å². The third kappa shape index (κ3) is 2.73. The Kier molecular flexibility index (Phi) is 4.07. The first-order valence-corrected chi connectivity index (χ1v) is 7.81. The largest absolute Gasteiger partial charge is 0.309 e. The van der Waals surface area contributed by atoms with Crippen LogP contribution in [0.2, 0.25) is 0 Å². The zero-order valence-corrected chi connectivity index (χ0v) is 12.5. The molecule has 1 atom stereocenters. The Labute approximate surface area is 126 Å². The predicted octanol–water partition coefficient (Wildman–Crippen LogP) is 4.60. The quantitative estimate of drug-likeness (QED) is 0.817. The molecular formula is C19H22FN. The molecule has 0 heterocycles. The van der Waals surface area contributed by atoms with Crippen molar-refractivity contribution in [1.82, 2.24) is 5.32 Å². The molecule has 1 aliphatic rings. The van der Waals surface area contributed by atoms with Crippen molar-refractivity contribution >= 4 is 0 Å². The van der Waals surface area contributed by atoms with Crippen LogP contribution in [0.5, 0.6) is 0 Å². The minimum Gasteiger partial charge on any atom is -0.309 e. The second-order valence-electron chi connectivity index (χ2n) is 5.93. The number of hydrogen-bond acceptors (Lipinski definition) is 1. The van der Waals surface area contributed by atoms with Crippen LogP contribution < -0.4 is 5.32 Å². The highest BCUT2D eigenvalue weighted by atomic mass is 19.1. The molecule has 2 aromatic carbocycles. The van der Waals surface area contributed by atoms with Crippen LogP contribution in [0, 0.1) is 5.82 Å². The maximum atomic E-state index is 14.3. The number of rotatable bonds is 6. The van der Waals surface area contributed by atoms with Crippen molar-refractivity contribution in [2.45, 2.75) is 37.6 Å². The molecule has 0 aliphatic heterocycles. The van der Waals surface area contributed by atoms with E-state index in [9.17, 15) is 4.39 Å². The Balaban J connectivity index is 1.99. The molecule has 110 valence electrons. The minimum atomic E-state index is -0.103. The van der Waals surface area contributed by atoms with Crippen LogP contribution in [0.4, 0.5) is 4.39 Å². The van der Waals surface area contributed by atoms with E-state index >= 15 is 0 Å². The second-order valence-corrected chi connectivity index (χ2v) is 5.93. The Bertz CT molecular complexity index is 590. The number of halogens is 1. The molecule has 2 aromatic rings. The summed E-state index contributed by atoms with van der Waals surface area (Å²) in [6.45, 7) is 3.06. The van der Waals surface area contributed by atoms with Crippen molar-refractivity contribution < 1.29 is 4.39 Å². The SMILES string of the molecule is CCCNC(c1ccccc1F)C1(c2ccccc2)CC1. The zero-order valence-electron chi connectivity index (χ0n) is 12.5. The summed E-state index contributed by atoms with van der Waals surface area (Å²) in [6.07, 6.45) is 3.29. The van der Waals surface area contributed by atoms with Gasteiger partial charge in [-0.3, -0.25) is 0 Å². The van der Waals surface area contributed by atoms with Gasteiger partial charge in [0.05, 0.1) is 0 Å². The van der Waals surface area contributed by atoms with Gasteiger partial charge in [-0.15, -0.1) is 0 Å². The van der Waals surface area contributed by atoms with Crippen LogP contribution in [0.15, 0.2) is 54.6 Å². The highest BCUT2D eigenvalue weighted by Gasteiger charge is 2.51. The van der Waals surface area contributed by atoms with Crippen LogP contribution in [-0.4, -0.2) is 6.54 Å². The van der Waals surface area contributed by atoms with Crippen molar-refractivity contribution in [3.63, 3.8) is 0 Å². The first kappa shape index (κ1) is 14.3. The van der Waals surface area contributed by atoms with Crippen molar-refractivity contribution in [2.24, 2.45) is 0 Å². The summed E-state index contributed by atoms with van der Waals surface area (Å²) in [5.74, 6) is -0.103. The summed E-state index contributed by atoms with van der Waals surface area (Å²) >= 11 is 0. The molecule has 1 unspecified atom stereocenters. The molecular weight excluding hydrogens is 261 g/mol. The maximum Gasteiger partial charge on any atom is 0.128 e. The van der Waals surface area contributed by atoms with E-state index in [1.54, 1.807) is 12.1 Å². The summed E-state index contributed by atoms with van der Waals surface area (Å²) in [5.41, 5.74) is 2.17. The Morgan fingerprint density at radius 1 is 1.05 bits per heavy atom. The van der Waals surface area contributed by atoms with Gasteiger partial charge in [-0.25, -0.2) is 4.39 Å². The smallest absolute Gasteiger partial charge is 0.128 e. The summed E-state index contributed by atoms with van der Waals surface area (Å²) in [4.78, 5) is 0. The molecule has 1 nitrogen and oxygen atoms in total. The normalized spacial score (nSPS) is 17.4. The lowest BCUT2D eigenvalue weighted by molar-refractivity contribution is 0.413. The molecule has 3 rings (SSSR count). The van der Waals surface area contributed by atoms with Crippen LogP contribution in [0.3, 0.4) is 0 Å². The molecule has 21 heavy (non-hydrogen) atoms. The first-order valence-electron chi connectivity index (χ1n) is 7.81. The molecule has 0 amide bonds. The summed E-state index contributed by atoms with van der Waals surface area (Å²) in [6, 6.07) is 17.8. The molecule has 1 fully saturated rings. The van der Waals surface area contributed by atoms with Gasteiger partial charge in [0.15, 0.2) is 0 Å². The summed E-state index contributed by atoms with van der Waals surface area (Å²) in [7, 11) is 0. The van der Waals surface area contributed by atoms with Crippen LogP contribution in [-0.2, 0) is 5.41 Å². The number of hydrogen-bond donors (Lipinski definition) is 1. The van der Waals surface area contributed by atoms with Crippen molar-refractivity contribution in [2.75, 3.05) is 6.54 Å². The Hall–Kier alpha value is -1.67. The van der Waals surface area contributed by atoms with E-state index in [2.05, 4.69) is 36.5 Å². The average Bonchev–Trinajstić information content (AvgIpc) is 3.32. The third-order valence-corrected chi connectivity index (χ3v) is 4.50. The standard InChI is InChI=1S/C19H22FN/c1-2-14-21-18(16-10-6-7-11-17(16)20)19(12-13-19)15-8-4-3-5-9-15/h3-11,18,21H,2,12-14H2,1H3. The van der Waals surface area contributed by atoms with Crippen molar-refractivity contribution in [3.8, 4) is 0 Å². The maximum absolute atomic E-state index is 14.3. The van der Waals surface area contributed by atoms with E-state index in [4.69, 9.17) is 0 Å². The number of benzene rings is 2. The summed E-state index contributed by atoms with van der Waals surface area (Å²) < 4.78 is 14.3. The van der Waals surface area contributed by atoms with Crippen LogP contribution >= 0.6 is 0 Å². The molecule has 0 saturated heterocycles. The fourth-order valence-corrected chi connectivity index (χ4v) is 3.25. The monoisotopic (exact) mass is 283 g/mol. The van der Waals surface area contributed by atoms with Crippen LogP contribution in [0.1, 0.15) is 43.4 Å². The fourth-order valence-electron chi connectivity index (χ4n) is 3.25. The van der Waals surface area contributed by atoms with Gasteiger partial charge in [-0.2, -0.15) is 0 Å². The van der Waals surface area contributed by atoms with Gasteiger partial charge in [0.25, 0.3) is 0 Å². The highest BCUT2D eigenvalue weighted by Crippen LogP contribution is 2.56. The molecule has 1 N–H and O–H groups in total. The molecule has 0 aromatic heterocycles. The topological polar surface area (TPSA) is 12.0 Å². The van der Waals surface area contributed by atoms with E-state index in [0.29, 0.717) is 0 Å². The van der Waals surface area contributed by atoms with Gasteiger partial charge in [-0.05, 0) is 37.4 Å². The van der Waals surface area contributed by atoms with Gasteiger partial charge >= 0.3 is 0 Å². The summed E-state index contributed by atoms with van der Waals surface area (Å²) in [5, 5.41) is 3.59. The molecule has 2 heteroatoms. The lowest BCUT2D eigenvalue weighted by Crippen LogP contribution is -2.33. The van der Waals surface area contributed by atoms with Gasteiger partial charge in [0, 0.05) is 17.0 Å². The van der Waals surface area contributed by atoms with Crippen molar-refractivity contribution in [3.05, 3.63) is 71.5 Å². The first-order chi connectivity index (χ1) is 10.3. The average molecular weight is 283 g/mol. The minimum absolute atomic E-state index is 0.0542. The Morgan fingerprint density at radius 3 is 2.33 bits per heavy atom. The molecule has 1 aliphatic carbocycles. The van der Waals surface area contributed by atoms with E-state index in [-0.39, 0.29) is 17.3 Å². The zero-order chi connectivity index (χ0) is 14.7. The van der Waals surface area contributed by atoms with E-state index in [0.717, 1.165) is 31.4 Å². The molecule has 1 saturated carbocycles. The molecule has 0 bridgehead atoms. The van der Waals surface area contributed by atoms with E-state index in [1.165, 1.54) is 5.56 Å². The predicted molar refractivity (Wildman–Crippen MR) is 84.8 cm³/mol. The molecule has 0 radical (unpaired) electrons. The third-order valence-electron chi connectivity index (χ3n) is 4.50. The fraction of sp³-hybridized carbons (Fsp3) is 0.368. The lowest BCUT2D eigenvalue weighted by atomic mass is 9.83. The van der Waals surface area contributed by atoms with Gasteiger partial charge in [-0.1, -0.05) is 55.5 Å². The second kappa shape index (κ2) is 5.98. The van der Waals surface area contributed by atoms with E-state index < -0.39 is 0 Å². The molecule has 0 spiro atoms. The highest BCUT2D eigenvalue weighted by molar-refractivity contribution is 5.38.